The number of hydrogen-bond acceptors (Lipinski definition) is 3. The molecule has 1 aromatic carbocycles. The maximum atomic E-state index is 9.63. The molecule has 0 bridgehead atoms. The molecule has 106 valence electrons. The highest BCUT2D eigenvalue weighted by atomic mass is 16.3. The zero-order valence-corrected chi connectivity index (χ0v) is 12.0. The lowest BCUT2D eigenvalue weighted by Crippen LogP contribution is -2.27. The summed E-state index contributed by atoms with van der Waals surface area (Å²) in [5.41, 5.74) is 1.96. The number of nitrogens with zero attached hydrogens (tertiary/aromatic N) is 2. The van der Waals surface area contributed by atoms with E-state index in [0.29, 0.717) is 6.04 Å². The number of para-hydroxylation sites is 1. The van der Waals surface area contributed by atoms with Gasteiger partial charge in [-0.15, -0.1) is 0 Å². The van der Waals surface area contributed by atoms with Crippen LogP contribution in [0.3, 0.4) is 0 Å². The molecular weight excluding hydrogens is 248 g/mol. The van der Waals surface area contributed by atoms with Gasteiger partial charge >= 0.3 is 0 Å². The van der Waals surface area contributed by atoms with Crippen molar-refractivity contribution in [3.05, 3.63) is 35.9 Å². The minimum absolute atomic E-state index is 0.0717. The van der Waals surface area contributed by atoms with E-state index >= 15 is 0 Å². The first-order valence-electron chi connectivity index (χ1n) is 7.59. The van der Waals surface area contributed by atoms with E-state index in [4.69, 9.17) is 4.98 Å². The Bertz CT molecular complexity index is 593. The van der Waals surface area contributed by atoms with Crippen molar-refractivity contribution >= 4 is 16.7 Å². The minimum Gasteiger partial charge on any atom is -0.392 e. The fourth-order valence-corrected chi connectivity index (χ4v) is 2.71. The van der Waals surface area contributed by atoms with Gasteiger partial charge in [0.05, 0.1) is 12.1 Å². The SMILES string of the molecule is CCCCN(c1cc(CO)c2ccccc2n1)C1CC1. The zero-order valence-electron chi connectivity index (χ0n) is 12.0. The van der Waals surface area contributed by atoms with Crippen LogP contribution in [0.5, 0.6) is 0 Å². The molecule has 0 saturated heterocycles. The highest BCUT2D eigenvalue weighted by Gasteiger charge is 2.29. The summed E-state index contributed by atoms with van der Waals surface area (Å²) < 4.78 is 0. The summed E-state index contributed by atoms with van der Waals surface area (Å²) >= 11 is 0. The lowest BCUT2D eigenvalue weighted by molar-refractivity contribution is 0.283. The van der Waals surface area contributed by atoms with Crippen LogP contribution in [0.15, 0.2) is 30.3 Å². The standard InChI is InChI=1S/C17H22N2O/c1-2-3-10-19(14-8-9-14)17-11-13(12-20)15-6-4-5-7-16(15)18-17/h4-7,11,14,20H,2-3,8-10,12H2,1H3. The average molecular weight is 270 g/mol. The summed E-state index contributed by atoms with van der Waals surface area (Å²) in [5, 5.41) is 10.7. The number of rotatable bonds is 6. The molecule has 20 heavy (non-hydrogen) atoms. The number of fused-ring (bicyclic) bond motifs is 1. The van der Waals surface area contributed by atoms with Gasteiger partial charge in [0.15, 0.2) is 0 Å². The first-order valence-corrected chi connectivity index (χ1v) is 7.59. The van der Waals surface area contributed by atoms with Crippen LogP contribution in [0.4, 0.5) is 5.82 Å². The number of unbranched alkanes of at least 4 members (excludes halogenated alkanes) is 1. The molecule has 1 aliphatic carbocycles. The lowest BCUT2D eigenvalue weighted by Gasteiger charge is -2.24. The molecule has 1 saturated carbocycles. The van der Waals surface area contributed by atoms with Crippen LogP contribution < -0.4 is 4.90 Å². The Balaban J connectivity index is 2.00. The number of hydrogen-bond donors (Lipinski definition) is 1. The topological polar surface area (TPSA) is 36.4 Å². The largest absolute Gasteiger partial charge is 0.392 e. The molecule has 3 nitrogen and oxygen atoms in total. The molecule has 0 atom stereocenters. The van der Waals surface area contributed by atoms with Crippen molar-refractivity contribution in [2.24, 2.45) is 0 Å². The second kappa shape index (κ2) is 5.80. The van der Waals surface area contributed by atoms with Crippen molar-refractivity contribution in [3.8, 4) is 0 Å². The van der Waals surface area contributed by atoms with Crippen LogP contribution in [0.25, 0.3) is 10.9 Å². The van der Waals surface area contributed by atoms with Gasteiger partial charge in [-0.25, -0.2) is 4.98 Å². The van der Waals surface area contributed by atoms with Crippen LogP contribution in [-0.2, 0) is 6.61 Å². The van der Waals surface area contributed by atoms with E-state index < -0.39 is 0 Å². The Kier molecular flexibility index (Phi) is 3.88. The monoisotopic (exact) mass is 270 g/mol. The Labute approximate surface area is 120 Å². The van der Waals surface area contributed by atoms with Crippen LogP contribution in [0, 0.1) is 0 Å². The van der Waals surface area contributed by atoms with Gasteiger partial charge in [-0.05, 0) is 37.0 Å². The number of aliphatic hydroxyl groups is 1. The molecule has 3 heteroatoms. The second-order valence-corrected chi connectivity index (χ2v) is 5.59. The molecule has 2 aromatic rings. The maximum Gasteiger partial charge on any atom is 0.129 e. The van der Waals surface area contributed by atoms with Crippen LogP contribution in [-0.4, -0.2) is 22.7 Å². The van der Waals surface area contributed by atoms with Crippen molar-refractivity contribution in [1.29, 1.82) is 0 Å². The molecular formula is C17H22N2O. The zero-order chi connectivity index (χ0) is 13.9. The molecule has 1 N–H and O–H groups in total. The number of benzene rings is 1. The molecule has 3 rings (SSSR count). The van der Waals surface area contributed by atoms with Crippen LogP contribution >= 0.6 is 0 Å². The third kappa shape index (κ3) is 2.63. The molecule has 0 aliphatic heterocycles. The van der Waals surface area contributed by atoms with E-state index in [-0.39, 0.29) is 6.61 Å². The summed E-state index contributed by atoms with van der Waals surface area (Å²) in [6, 6.07) is 10.8. The van der Waals surface area contributed by atoms with Gasteiger partial charge in [0.2, 0.25) is 0 Å². The van der Waals surface area contributed by atoms with Crippen LogP contribution in [0.2, 0.25) is 0 Å². The molecule has 0 spiro atoms. The van der Waals surface area contributed by atoms with Gasteiger partial charge < -0.3 is 10.0 Å². The van der Waals surface area contributed by atoms with Gasteiger partial charge in [0.25, 0.3) is 0 Å². The predicted molar refractivity (Wildman–Crippen MR) is 82.9 cm³/mol. The van der Waals surface area contributed by atoms with Crippen molar-refractivity contribution in [1.82, 2.24) is 4.98 Å². The molecule has 0 unspecified atom stereocenters. The van der Waals surface area contributed by atoms with Crippen molar-refractivity contribution in [2.45, 2.75) is 45.3 Å². The predicted octanol–water partition coefficient (Wildman–Crippen LogP) is 3.50. The van der Waals surface area contributed by atoms with Gasteiger partial charge in [-0.2, -0.15) is 0 Å². The number of aromatic nitrogens is 1. The van der Waals surface area contributed by atoms with Crippen LogP contribution in [0.1, 0.15) is 38.2 Å². The molecule has 1 heterocycles. The highest BCUT2D eigenvalue weighted by Crippen LogP contribution is 2.33. The third-order valence-corrected chi connectivity index (χ3v) is 3.99. The summed E-state index contributed by atoms with van der Waals surface area (Å²) in [6.45, 7) is 3.36. The van der Waals surface area contributed by atoms with Crippen molar-refractivity contribution < 1.29 is 5.11 Å². The van der Waals surface area contributed by atoms with Gasteiger partial charge in [-0.3, -0.25) is 0 Å². The van der Waals surface area contributed by atoms with E-state index in [1.165, 1.54) is 25.7 Å². The number of anilines is 1. The smallest absolute Gasteiger partial charge is 0.129 e. The van der Waals surface area contributed by atoms with Gasteiger partial charge in [-0.1, -0.05) is 31.5 Å². The minimum atomic E-state index is 0.0717. The van der Waals surface area contributed by atoms with E-state index in [0.717, 1.165) is 28.8 Å². The normalized spacial score (nSPS) is 14.7. The van der Waals surface area contributed by atoms with Gasteiger partial charge in [0.1, 0.15) is 5.82 Å². The Morgan fingerprint density at radius 3 is 2.80 bits per heavy atom. The quantitative estimate of drug-likeness (QED) is 0.872. The molecule has 1 fully saturated rings. The fourth-order valence-electron chi connectivity index (χ4n) is 2.71. The molecule has 1 aliphatic rings. The summed E-state index contributed by atoms with van der Waals surface area (Å²) in [7, 11) is 0. The van der Waals surface area contributed by atoms with E-state index in [2.05, 4.69) is 17.9 Å². The first kappa shape index (κ1) is 13.4. The fraction of sp³-hybridized carbons (Fsp3) is 0.471. The van der Waals surface area contributed by atoms with Crippen molar-refractivity contribution in [2.75, 3.05) is 11.4 Å². The third-order valence-electron chi connectivity index (χ3n) is 3.99. The summed E-state index contributed by atoms with van der Waals surface area (Å²) in [5.74, 6) is 1.03. The Morgan fingerprint density at radius 2 is 2.10 bits per heavy atom. The molecule has 0 amide bonds. The summed E-state index contributed by atoms with van der Waals surface area (Å²) in [6.07, 6.45) is 4.93. The van der Waals surface area contributed by atoms with E-state index in [1.54, 1.807) is 0 Å². The Morgan fingerprint density at radius 1 is 1.30 bits per heavy atom. The van der Waals surface area contributed by atoms with Gasteiger partial charge in [0, 0.05) is 18.0 Å². The average Bonchev–Trinajstić information content (AvgIpc) is 3.31. The molecule has 0 radical (unpaired) electrons. The summed E-state index contributed by atoms with van der Waals surface area (Å²) in [4.78, 5) is 7.24. The number of pyridine rings is 1. The Hall–Kier alpha value is -1.61. The second-order valence-electron chi connectivity index (χ2n) is 5.59. The van der Waals surface area contributed by atoms with Crippen molar-refractivity contribution in [3.63, 3.8) is 0 Å². The number of aliphatic hydroxyl groups excluding tert-OH is 1. The maximum absolute atomic E-state index is 9.63. The molecule has 1 aromatic heterocycles. The first-order chi connectivity index (χ1) is 9.83. The lowest BCUT2D eigenvalue weighted by atomic mass is 10.1. The van der Waals surface area contributed by atoms with E-state index in [1.807, 2.05) is 24.3 Å². The highest BCUT2D eigenvalue weighted by molar-refractivity contribution is 5.84. The van der Waals surface area contributed by atoms with E-state index in [9.17, 15) is 5.11 Å².